The van der Waals surface area contributed by atoms with Crippen LogP contribution in [0.25, 0.3) is 0 Å². The average Bonchev–Trinajstić information content (AvgIpc) is 2.60. The van der Waals surface area contributed by atoms with Crippen molar-refractivity contribution in [1.82, 2.24) is 15.6 Å². The minimum absolute atomic E-state index is 0. The van der Waals surface area contributed by atoms with Crippen molar-refractivity contribution in [3.8, 4) is 0 Å². The van der Waals surface area contributed by atoms with E-state index in [-0.39, 0.29) is 42.1 Å². The maximum absolute atomic E-state index is 13.6. The van der Waals surface area contributed by atoms with Gasteiger partial charge in [0, 0.05) is 32.3 Å². The number of nitrogens with zero attached hydrogens (tertiary/aromatic N) is 2. The second-order valence-electron chi connectivity index (χ2n) is 5.90. The van der Waals surface area contributed by atoms with Crippen LogP contribution in [0.3, 0.4) is 0 Å². The first-order chi connectivity index (χ1) is 12.5. The van der Waals surface area contributed by atoms with Gasteiger partial charge in [-0.05, 0) is 43.2 Å². The second kappa shape index (κ2) is 11.5. The van der Waals surface area contributed by atoms with Gasteiger partial charge in [-0.25, -0.2) is 9.37 Å². The van der Waals surface area contributed by atoms with Crippen LogP contribution in [0, 0.1) is 19.7 Å². The third-order valence-corrected chi connectivity index (χ3v) is 3.72. The van der Waals surface area contributed by atoms with Gasteiger partial charge in [0.25, 0.3) is 0 Å². The Hall–Kier alpha value is -2.23. The average molecular weight is 485 g/mol. The predicted molar refractivity (Wildman–Crippen MR) is 117 cm³/mol. The van der Waals surface area contributed by atoms with Gasteiger partial charge in [-0.1, -0.05) is 18.2 Å². The van der Waals surface area contributed by atoms with Gasteiger partial charge < -0.3 is 16.0 Å². The van der Waals surface area contributed by atoms with E-state index in [0.717, 1.165) is 11.3 Å². The summed E-state index contributed by atoms with van der Waals surface area (Å²) in [6, 6.07) is 10.6. The Morgan fingerprint density at radius 1 is 1.19 bits per heavy atom. The molecule has 8 heteroatoms. The van der Waals surface area contributed by atoms with Gasteiger partial charge in [-0.15, -0.1) is 24.0 Å². The summed E-state index contributed by atoms with van der Waals surface area (Å²) in [6.45, 7) is 4.45. The number of carbonyl (C=O) groups is 1. The van der Waals surface area contributed by atoms with E-state index in [1.807, 2.05) is 25.1 Å². The van der Waals surface area contributed by atoms with Crippen LogP contribution in [0.15, 0.2) is 41.4 Å². The Kier molecular flexibility index (Phi) is 9.70. The van der Waals surface area contributed by atoms with E-state index in [1.54, 1.807) is 26.1 Å². The zero-order valence-corrected chi connectivity index (χ0v) is 18.0. The maximum Gasteiger partial charge on any atom is 0.227 e. The summed E-state index contributed by atoms with van der Waals surface area (Å²) in [5, 5.41) is 8.90. The van der Waals surface area contributed by atoms with Crippen LogP contribution in [-0.2, 0) is 11.3 Å². The lowest BCUT2D eigenvalue weighted by Gasteiger charge is -2.12. The Morgan fingerprint density at radius 2 is 1.96 bits per heavy atom. The number of halogens is 2. The number of carbonyl (C=O) groups excluding carboxylic acids is 1. The highest BCUT2D eigenvalue weighted by molar-refractivity contribution is 14.0. The minimum atomic E-state index is -0.228. The van der Waals surface area contributed by atoms with Crippen molar-refractivity contribution in [3.63, 3.8) is 0 Å². The van der Waals surface area contributed by atoms with Crippen LogP contribution < -0.4 is 16.0 Å². The predicted octanol–water partition coefficient (Wildman–Crippen LogP) is 3.15. The molecular weight excluding hydrogens is 460 g/mol. The smallest absolute Gasteiger partial charge is 0.227 e. The molecule has 0 fully saturated rings. The summed E-state index contributed by atoms with van der Waals surface area (Å²) in [5.74, 6) is 0.728. The second-order valence-corrected chi connectivity index (χ2v) is 5.90. The lowest BCUT2D eigenvalue weighted by molar-refractivity contribution is -0.116. The number of hydrogen-bond donors (Lipinski definition) is 3. The molecule has 0 saturated heterocycles. The number of aromatic nitrogens is 1. The molecule has 0 aliphatic carbocycles. The van der Waals surface area contributed by atoms with E-state index in [4.69, 9.17) is 0 Å². The third kappa shape index (κ3) is 7.90. The molecule has 1 heterocycles. The highest BCUT2D eigenvalue weighted by Gasteiger charge is 2.05. The van der Waals surface area contributed by atoms with Crippen molar-refractivity contribution in [2.75, 3.05) is 18.9 Å². The molecule has 0 aliphatic rings. The molecule has 0 spiro atoms. The van der Waals surface area contributed by atoms with Crippen molar-refractivity contribution in [2.24, 2.45) is 4.99 Å². The number of amides is 1. The topological polar surface area (TPSA) is 78.4 Å². The third-order valence-electron chi connectivity index (χ3n) is 3.72. The monoisotopic (exact) mass is 485 g/mol. The molecule has 1 aromatic carbocycles. The molecule has 27 heavy (non-hydrogen) atoms. The van der Waals surface area contributed by atoms with Crippen molar-refractivity contribution in [1.29, 1.82) is 0 Å². The normalized spacial score (nSPS) is 10.7. The van der Waals surface area contributed by atoms with Crippen LogP contribution in [0.4, 0.5) is 10.2 Å². The summed E-state index contributed by atoms with van der Waals surface area (Å²) in [5.41, 5.74) is 2.28. The molecule has 146 valence electrons. The van der Waals surface area contributed by atoms with Gasteiger partial charge in [0.05, 0.1) is 0 Å². The Labute approximate surface area is 176 Å². The quantitative estimate of drug-likeness (QED) is 0.334. The molecule has 0 aliphatic heterocycles. The van der Waals surface area contributed by atoms with E-state index in [9.17, 15) is 9.18 Å². The highest BCUT2D eigenvalue weighted by Crippen LogP contribution is 2.08. The lowest BCUT2D eigenvalue weighted by atomic mass is 10.1. The first kappa shape index (κ1) is 22.8. The summed E-state index contributed by atoms with van der Waals surface area (Å²) < 4.78 is 13.6. The van der Waals surface area contributed by atoms with Gasteiger partial charge >= 0.3 is 0 Å². The van der Waals surface area contributed by atoms with Crippen molar-refractivity contribution in [2.45, 2.75) is 26.8 Å². The fourth-order valence-electron chi connectivity index (χ4n) is 2.27. The molecule has 1 amide bonds. The lowest BCUT2D eigenvalue weighted by Crippen LogP contribution is -2.38. The molecule has 3 N–H and O–H groups in total. The zero-order chi connectivity index (χ0) is 18.9. The van der Waals surface area contributed by atoms with Crippen molar-refractivity contribution in [3.05, 3.63) is 59.0 Å². The maximum atomic E-state index is 13.6. The molecule has 0 saturated carbocycles. The Bertz CT molecular complexity index is 797. The molecule has 6 nitrogen and oxygen atoms in total. The molecule has 0 bridgehead atoms. The van der Waals surface area contributed by atoms with Crippen LogP contribution >= 0.6 is 24.0 Å². The van der Waals surface area contributed by atoms with Gasteiger partial charge in [-0.3, -0.25) is 9.79 Å². The Balaban J connectivity index is 0.00000364. The van der Waals surface area contributed by atoms with Gasteiger partial charge in [0.15, 0.2) is 5.96 Å². The number of hydrogen-bond acceptors (Lipinski definition) is 3. The molecule has 1 aromatic heterocycles. The summed E-state index contributed by atoms with van der Waals surface area (Å²) >= 11 is 0. The van der Waals surface area contributed by atoms with Crippen LogP contribution in [-0.4, -0.2) is 30.4 Å². The first-order valence-electron chi connectivity index (χ1n) is 8.41. The standard InChI is InChI=1S/C19H24FN5O.HI/c1-13-7-8-15(11-16(13)20)12-23-19(21-3)22-10-9-18(26)25-17-6-4-5-14(2)24-17;/h4-8,11H,9-10,12H2,1-3H3,(H2,21,22,23)(H,24,25,26);1H. The van der Waals surface area contributed by atoms with E-state index >= 15 is 0 Å². The van der Waals surface area contributed by atoms with Crippen LogP contribution in [0.5, 0.6) is 0 Å². The van der Waals surface area contributed by atoms with E-state index < -0.39 is 0 Å². The van der Waals surface area contributed by atoms with E-state index in [1.165, 1.54) is 6.07 Å². The van der Waals surface area contributed by atoms with Gasteiger partial charge in [0.2, 0.25) is 5.91 Å². The summed E-state index contributed by atoms with van der Waals surface area (Å²) in [6.07, 6.45) is 0.273. The van der Waals surface area contributed by atoms with E-state index in [2.05, 4.69) is 25.9 Å². The number of guanidine groups is 1. The highest BCUT2D eigenvalue weighted by atomic mass is 127. The Morgan fingerprint density at radius 3 is 2.63 bits per heavy atom. The molecule has 0 unspecified atom stereocenters. The molecular formula is C19H25FIN5O. The molecule has 0 atom stereocenters. The first-order valence-corrected chi connectivity index (χ1v) is 8.41. The molecule has 2 rings (SSSR count). The molecule has 0 radical (unpaired) electrons. The number of benzene rings is 1. The van der Waals surface area contributed by atoms with Crippen molar-refractivity contribution < 1.29 is 9.18 Å². The van der Waals surface area contributed by atoms with Gasteiger partial charge in [0.1, 0.15) is 11.6 Å². The molecule has 2 aromatic rings. The number of aliphatic imine (C=N–C) groups is 1. The van der Waals surface area contributed by atoms with E-state index in [0.29, 0.717) is 30.4 Å². The number of rotatable bonds is 6. The van der Waals surface area contributed by atoms with Crippen LogP contribution in [0.1, 0.15) is 23.2 Å². The van der Waals surface area contributed by atoms with Gasteiger partial charge in [-0.2, -0.15) is 0 Å². The SMILES string of the molecule is CN=C(NCCC(=O)Nc1cccc(C)n1)NCc1ccc(C)c(F)c1.I. The summed E-state index contributed by atoms with van der Waals surface area (Å²) in [7, 11) is 1.64. The number of anilines is 1. The zero-order valence-electron chi connectivity index (χ0n) is 15.7. The fraction of sp³-hybridized carbons (Fsp3) is 0.316. The minimum Gasteiger partial charge on any atom is -0.356 e. The van der Waals surface area contributed by atoms with Crippen molar-refractivity contribution >= 4 is 41.7 Å². The summed E-state index contributed by atoms with van der Waals surface area (Å²) in [4.78, 5) is 20.3. The fourth-order valence-corrected chi connectivity index (χ4v) is 2.27. The number of pyridine rings is 1. The number of nitrogens with one attached hydrogen (secondary N) is 3. The van der Waals surface area contributed by atoms with Crippen LogP contribution in [0.2, 0.25) is 0 Å². The largest absolute Gasteiger partial charge is 0.356 e. The number of aryl methyl sites for hydroxylation is 2.